The van der Waals surface area contributed by atoms with Crippen LogP contribution in [0.4, 0.5) is 0 Å². The molecular weight excluding hydrogens is 653 g/mol. The maximum absolute atomic E-state index is 4.58. The Hall–Kier alpha value is -3.65. The molecule has 0 fully saturated rings. The van der Waals surface area contributed by atoms with Crippen LogP contribution in [0.15, 0.2) is 103 Å². The predicted octanol–water partition coefficient (Wildman–Crippen LogP) is 9.32. The molecule has 2 heterocycles. The molecule has 0 bridgehead atoms. The average molecular weight is 685 g/mol. The van der Waals surface area contributed by atoms with Gasteiger partial charge in [-0.15, -0.1) is 59.2 Å². The van der Waals surface area contributed by atoms with Gasteiger partial charge in [-0.1, -0.05) is 92.6 Å². The molecule has 0 aliphatic heterocycles. The molecule has 1 radical (unpaired) electrons. The molecule has 0 unspecified atom stereocenters. The van der Waals surface area contributed by atoms with Crippen molar-refractivity contribution in [3.05, 3.63) is 132 Å². The van der Waals surface area contributed by atoms with Crippen LogP contribution in [-0.2, 0) is 25.5 Å². The van der Waals surface area contributed by atoms with Crippen molar-refractivity contribution in [2.75, 3.05) is 0 Å². The van der Waals surface area contributed by atoms with E-state index in [9.17, 15) is 0 Å². The van der Waals surface area contributed by atoms with E-state index < -0.39 is 0 Å². The molecule has 0 aliphatic carbocycles. The van der Waals surface area contributed by atoms with E-state index in [1.807, 2.05) is 30.6 Å². The second-order valence-electron chi connectivity index (χ2n) is 10.8. The summed E-state index contributed by atoms with van der Waals surface area (Å²) in [6.07, 6.45) is 3.73. The predicted molar refractivity (Wildman–Crippen MR) is 160 cm³/mol. The van der Waals surface area contributed by atoms with E-state index in [-0.39, 0.29) is 25.5 Å². The van der Waals surface area contributed by atoms with E-state index in [1.54, 1.807) is 0 Å². The molecule has 0 spiro atoms. The number of benzene rings is 4. The van der Waals surface area contributed by atoms with E-state index in [1.165, 1.54) is 38.2 Å². The summed E-state index contributed by atoms with van der Waals surface area (Å²) >= 11 is 0. The van der Waals surface area contributed by atoms with Gasteiger partial charge in [0.05, 0.1) is 0 Å². The fourth-order valence-electron chi connectivity index (χ4n) is 4.54. The molecule has 3 heteroatoms. The summed E-state index contributed by atoms with van der Waals surface area (Å²) in [6.45, 7) is 10.8. The van der Waals surface area contributed by atoms with E-state index in [4.69, 9.17) is 0 Å². The van der Waals surface area contributed by atoms with Gasteiger partial charge in [-0.05, 0) is 52.2 Å². The van der Waals surface area contributed by atoms with E-state index in [0.717, 1.165) is 22.5 Å². The SMILES string of the molecule is CC(C)(C)c1ccnc(-c2[c-]cc3ccc4ccccc4c3c2)c1.Cc1cc[c-]c(-c2cc(C)ccn2)c1.[Ir]. The third-order valence-corrected chi connectivity index (χ3v) is 6.73. The zero-order chi connectivity index (χ0) is 26.7. The average Bonchev–Trinajstić information content (AvgIpc) is 2.93. The maximum atomic E-state index is 4.58. The van der Waals surface area contributed by atoms with Crippen LogP contribution in [-0.4, -0.2) is 9.97 Å². The largest absolute Gasteiger partial charge is 0.305 e. The topological polar surface area (TPSA) is 25.8 Å². The van der Waals surface area contributed by atoms with Crippen LogP contribution in [0.2, 0.25) is 0 Å². The summed E-state index contributed by atoms with van der Waals surface area (Å²) in [5, 5.41) is 5.00. The molecule has 0 saturated heterocycles. The Balaban J connectivity index is 0.000000202. The minimum absolute atomic E-state index is 0. The number of aryl methyl sites for hydroxylation is 2. The molecule has 0 saturated carbocycles. The van der Waals surface area contributed by atoms with Gasteiger partial charge in [0.2, 0.25) is 0 Å². The number of nitrogens with zero attached hydrogens (tertiary/aromatic N) is 2. The Morgan fingerprint density at radius 3 is 2.03 bits per heavy atom. The smallest absolute Gasteiger partial charge is 0.0163 e. The molecule has 6 rings (SSSR count). The second-order valence-corrected chi connectivity index (χ2v) is 10.8. The number of aromatic nitrogens is 2. The van der Waals surface area contributed by atoms with Gasteiger partial charge in [0.25, 0.3) is 0 Å². The van der Waals surface area contributed by atoms with Gasteiger partial charge in [-0.3, -0.25) is 0 Å². The zero-order valence-corrected chi connectivity index (χ0v) is 25.4. The van der Waals surface area contributed by atoms with Crippen molar-refractivity contribution in [2.45, 2.75) is 40.0 Å². The first-order valence-electron chi connectivity index (χ1n) is 13.0. The summed E-state index contributed by atoms with van der Waals surface area (Å²) in [5.41, 5.74) is 7.96. The second kappa shape index (κ2) is 12.0. The van der Waals surface area contributed by atoms with Gasteiger partial charge in [-0.2, -0.15) is 0 Å². The number of fused-ring (bicyclic) bond motifs is 3. The fourth-order valence-corrected chi connectivity index (χ4v) is 4.54. The van der Waals surface area contributed by atoms with Crippen LogP contribution < -0.4 is 0 Å². The number of rotatable bonds is 2. The monoisotopic (exact) mass is 685 g/mol. The Kier molecular flexibility index (Phi) is 8.75. The van der Waals surface area contributed by atoms with Crippen molar-refractivity contribution in [1.29, 1.82) is 0 Å². The van der Waals surface area contributed by atoms with Crippen molar-refractivity contribution in [3.8, 4) is 22.5 Å². The van der Waals surface area contributed by atoms with Gasteiger partial charge in [-0.25, -0.2) is 0 Å². The number of hydrogen-bond donors (Lipinski definition) is 0. The molecule has 2 nitrogen and oxygen atoms in total. The minimum atomic E-state index is 0. The third kappa shape index (κ3) is 6.68. The van der Waals surface area contributed by atoms with Crippen molar-refractivity contribution in [2.24, 2.45) is 0 Å². The first-order valence-corrected chi connectivity index (χ1v) is 13.0. The molecule has 0 N–H and O–H groups in total. The maximum Gasteiger partial charge on any atom is 0.0163 e. The summed E-state index contributed by atoms with van der Waals surface area (Å²) < 4.78 is 0. The Morgan fingerprint density at radius 2 is 1.28 bits per heavy atom. The Morgan fingerprint density at radius 1 is 0.615 bits per heavy atom. The van der Waals surface area contributed by atoms with Crippen LogP contribution in [0.5, 0.6) is 0 Å². The number of pyridine rings is 2. The first-order chi connectivity index (χ1) is 18.3. The van der Waals surface area contributed by atoms with Crippen LogP contribution in [0.25, 0.3) is 44.1 Å². The Labute approximate surface area is 245 Å². The molecule has 39 heavy (non-hydrogen) atoms. The van der Waals surface area contributed by atoms with Crippen molar-refractivity contribution in [1.82, 2.24) is 9.97 Å². The van der Waals surface area contributed by atoms with Gasteiger partial charge in [0, 0.05) is 32.5 Å². The zero-order valence-electron chi connectivity index (χ0n) is 23.0. The summed E-state index contributed by atoms with van der Waals surface area (Å²) in [4.78, 5) is 8.90. The molecule has 2 aromatic heterocycles. The van der Waals surface area contributed by atoms with E-state index in [2.05, 4.69) is 130 Å². The van der Waals surface area contributed by atoms with E-state index in [0.29, 0.717) is 0 Å². The molecule has 4 aromatic carbocycles. The molecular formula is C36H32IrN2-2. The molecule has 0 amide bonds. The van der Waals surface area contributed by atoms with Crippen LogP contribution in [0, 0.1) is 26.0 Å². The Bertz CT molecular complexity index is 1690. The van der Waals surface area contributed by atoms with Gasteiger partial charge in [0.15, 0.2) is 0 Å². The normalized spacial score (nSPS) is 11.0. The fraction of sp³-hybridized carbons (Fsp3) is 0.167. The summed E-state index contributed by atoms with van der Waals surface area (Å²) in [6, 6.07) is 38.2. The van der Waals surface area contributed by atoms with Crippen molar-refractivity contribution in [3.63, 3.8) is 0 Å². The molecule has 197 valence electrons. The summed E-state index contributed by atoms with van der Waals surface area (Å²) in [5.74, 6) is 0. The third-order valence-electron chi connectivity index (χ3n) is 6.73. The molecule has 0 aliphatic rings. The molecule has 6 aromatic rings. The number of hydrogen-bond acceptors (Lipinski definition) is 2. The van der Waals surface area contributed by atoms with Crippen LogP contribution in [0.1, 0.15) is 37.5 Å². The standard InChI is InChI=1S/C23H20N.C13H12N.Ir/c1-23(2,3)19-12-13-24-22(15-19)18-11-10-17-9-8-16-6-4-5-7-20(16)21(17)14-18;1-10-4-3-5-12(8-10)13-9-11(2)6-7-14-13;/h4-10,12-15H,1-3H3;3-4,6-9H,1-2H3;/q2*-1;. The van der Waals surface area contributed by atoms with Crippen LogP contribution in [0.3, 0.4) is 0 Å². The first kappa shape index (κ1) is 28.4. The minimum Gasteiger partial charge on any atom is -0.305 e. The molecule has 0 atom stereocenters. The van der Waals surface area contributed by atoms with E-state index >= 15 is 0 Å². The van der Waals surface area contributed by atoms with Gasteiger partial charge < -0.3 is 9.97 Å². The quantitative estimate of drug-likeness (QED) is 0.134. The van der Waals surface area contributed by atoms with Gasteiger partial charge >= 0.3 is 0 Å². The van der Waals surface area contributed by atoms with Crippen molar-refractivity contribution >= 4 is 21.5 Å². The van der Waals surface area contributed by atoms with Crippen molar-refractivity contribution < 1.29 is 20.1 Å². The summed E-state index contributed by atoms with van der Waals surface area (Å²) in [7, 11) is 0. The van der Waals surface area contributed by atoms with Gasteiger partial charge in [0.1, 0.15) is 0 Å². The van der Waals surface area contributed by atoms with Crippen LogP contribution >= 0.6 is 0 Å².